The minimum atomic E-state index is 0.381. The number of fused-ring (bicyclic) bond motifs is 1. The number of nitrogens with zero attached hydrogens (tertiary/aromatic N) is 3. The molecule has 3 fully saturated rings. The van der Waals surface area contributed by atoms with E-state index in [-0.39, 0.29) is 0 Å². The second-order valence-corrected chi connectivity index (χ2v) is 7.45. The molecule has 3 rings (SSSR count). The molecule has 0 unspecified atom stereocenters. The third kappa shape index (κ3) is 4.46. The second kappa shape index (κ2) is 8.45. The number of likely N-dealkylation sites (tertiary alicyclic amines) is 1. The van der Waals surface area contributed by atoms with Crippen LogP contribution in [0.3, 0.4) is 0 Å². The third-order valence-corrected chi connectivity index (χ3v) is 6.00. The van der Waals surface area contributed by atoms with Crippen LogP contribution in [0.2, 0.25) is 0 Å². The van der Waals surface area contributed by atoms with Crippen LogP contribution in [0.5, 0.6) is 0 Å². The summed E-state index contributed by atoms with van der Waals surface area (Å²) >= 11 is 0. The van der Waals surface area contributed by atoms with Crippen molar-refractivity contribution in [3.63, 3.8) is 0 Å². The predicted octanol–water partition coefficient (Wildman–Crippen LogP) is 1.43. The molecule has 0 radical (unpaired) electrons. The van der Waals surface area contributed by atoms with Crippen LogP contribution in [0.1, 0.15) is 38.5 Å². The standard InChI is InChI=1S/C18H33N3O2/c1-23-14-13-19-9-11-20(12-10-19)15-18(22)21-8-4-6-16-5-2-3-7-17(16)21/h16-17H,2-15H2,1H3/t16-,17-/m0/s1. The molecule has 0 N–H and O–H groups in total. The summed E-state index contributed by atoms with van der Waals surface area (Å²) in [5.41, 5.74) is 0. The predicted molar refractivity (Wildman–Crippen MR) is 91.4 cm³/mol. The Morgan fingerprint density at radius 1 is 0.957 bits per heavy atom. The summed E-state index contributed by atoms with van der Waals surface area (Å²) in [6.45, 7) is 7.57. The van der Waals surface area contributed by atoms with Gasteiger partial charge in [0.2, 0.25) is 5.91 Å². The van der Waals surface area contributed by atoms with E-state index < -0.39 is 0 Å². The maximum atomic E-state index is 12.8. The highest BCUT2D eigenvalue weighted by atomic mass is 16.5. The van der Waals surface area contributed by atoms with Gasteiger partial charge in [0, 0.05) is 52.4 Å². The normalized spacial score (nSPS) is 30.2. The van der Waals surface area contributed by atoms with E-state index >= 15 is 0 Å². The minimum Gasteiger partial charge on any atom is -0.383 e. The topological polar surface area (TPSA) is 36.0 Å². The average molecular weight is 323 g/mol. The van der Waals surface area contributed by atoms with E-state index in [0.29, 0.717) is 18.5 Å². The molecule has 0 aromatic carbocycles. The van der Waals surface area contributed by atoms with Gasteiger partial charge in [0.1, 0.15) is 0 Å². The number of ether oxygens (including phenoxy) is 1. The lowest BCUT2D eigenvalue weighted by Gasteiger charge is -2.45. The monoisotopic (exact) mass is 323 g/mol. The van der Waals surface area contributed by atoms with E-state index in [4.69, 9.17) is 4.74 Å². The fourth-order valence-electron chi connectivity index (χ4n) is 4.61. The van der Waals surface area contributed by atoms with Crippen molar-refractivity contribution < 1.29 is 9.53 Å². The molecule has 1 amide bonds. The molecule has 0 bridgehead atoms. The molecule has 1 aliphatic carbocycles. The molecule has 0 spiro atoms. The molecule has 2 atom stereocenters. The zero-order valence-electron chi connectivity index (χ0n) is 14.7. The molecule has 2 saturated heterocycles. The Labute approximate surface area is 140 Å². The van der Waals surface area contributed by atoms with Crippen LogP contribution in [0.4, 0.5) is 0 Å². The quantitative estimate of drug-likeness (QED) is 0.767. The van der Waals surface area contributed by atoms with Crippen LogP contribution in [-0.2, 0) is 9.53 Å². The van der Waals surface area contributed by atoms with Gasteiger partial charge in [0.25, 0.3) is 0 Å². The van der Waals surface area contributed by atoms with Crippen LogP contribution in [-0.4, -0.2) is 86.2 Å². The SMILES string of the molecule is COCCN1CCN(CC(=O)N2CCC[C@@H]3CCCC[C@@H]32)CC1. The Morgan fingerprint density at radius 3 is 2.43 bits per heavy atom. The summed E-state index contributed by atoms with van der Waals surface area (Å²) in [5, 5.41) is 0. The van der Waals surface area contributed by atoms with Gasteiger partial charge in [0.05, 0.1) is 13.2 Å². The van der Waals surface area contributed by atoms with Crippen molar-refractivity contribution in [1.29, 1.82) is 0 Å². The fraction of sp³-hybridized carbons (Fsp3) is 0.944. The van der Waals surface area contributed by atoms with E-state index in [9.17, 15) is 4.79 Å². The number of amides is 1. The molecular weight excluding hydrogens is 290 g/mol. The van der Waals surface area contributed by atoms with Gasteiger partial charge in [-0.1, -0.05) is 12.8 Å². The minimum absolute atomic E-state index is 0.381. The Balaban J connectivity index is 1.45. The number of piperazine rings is 1. The second-order valence-electron chi connectivity index (χ2n) is 7.45. The Morgan fingerprint density at radius 2 is 1.65 bits per heavy atom. The highest BCUT2D eigenvalue weighted by Crippen LogP contribution is 2.35. The van der Waals surface area contributed by atoms with Crippen LogP contribution >= 0.6 is 0 Å². The van der Waals surface area contributed by atoms with Gasteiger partial charge in [-0.15, -0.1) is 0 Å². The Hall–Kier alpha value is -0.650. The van der Waals surface area contributed by atoms with E-state index in [2.05, 4.69) is 14.7 Å². The summed E-state index contributed by atoms with van der Waals surface area (Å²) in [5.74, 6) is 1.17. The fourth-order valence-corrected chi connectivity index (χ4v) is 4.61. The van der Waals surface area contributed by atoms with E-state index in [1.54, 1.807) is 7.11 Å². The van der Waals surface area contributed by atoms with Crippen molar-refractivity contribution in [3.05, 3.63) is 0 Å². The molecule has 5 heteroatoms. The lowest BCUT2D eigenvalue weighted by atomic mass is 9.78. The smallest absolute Gasteiger partial charge is 0.237 e. The maximum Gasteiger partial charge on any atom is 0.237 e. The van der Waals surface area contributed by atoms with E-state index in [1.807, 2.05) is 0 Å². The van der Waals surface area contributed by atoms with Crippen LogP contribution in [0, 0.1) is 5.92 Å². The first-order valence-electron chi connectivity index (χ1n) is 9.51. The first kappa shape index (κ1) is 17.2. The first-order chi connectivity index (χ1) is 11.3. The van der Waals surface area contributed by atoms with E-state index in [1.165, 1.54) is 38.5 Å². The maximum absolute atomic E-state index is 12.8. The molecule has 2 heterocycles. The summed E-state index contributed by atoms with van der Waals surface area (Å²) in [4.78, 5) is 19.8. The summed E-state index contributed by atoms with van der Waals surface area (Å²) in [6, 6.07) is 0.549. The summed E-state index contributed by atoms with van der Waals surface area (Å²) < 4.78 is 5.15. The Bertz CT molecular complexity index is 380. The Kier molecular flexibility index (Phi) is 6.31. The van der Waals surface area contributed by atoms with Crippen molar-refractivity contribution in [2.75, 3.05) is 59.5 Å². The van der Waals surface area contributed by atoms with E-state index in [0.717, 1.165) is 51.8 Å². The number of carbonyl (C=O) groups is 1. The van der Waals surface area contributed by atoms with Crippen molar-refractivity contribution in [2.45, 2.75) is 44.6 Å². The molecule has 0 aromatic heterocycles. The van der Waals surface area contributed by atoms with Crippen LogP contribution in [0.25, 0.3) is 0 Å². The molecule has 132 valence electrons. The van der Waals surface area contributed by atoms with Gasteiger partial charge in [-0.3, -0.25) is 14.6 Å². The molecule has 2 aliphatic heterocycles. The van der Waals surface area contributed by atoms with Gasteiger partial charge in [-0.05, 0) is 31.6 Å². The molecule has 1 saturated carbocycles. The molecule has 5 nitrogen and oxygen atoms in total. The number of methoxy groups -OCH3 is 1. The molecule has 0 aromatic rings. The van der Waals surface area contributed by atoms with Crippen molar-refractivity contribution in [2.24, 2.45) is 5.92 Å². The first-order valence-corrected chi connectivity index (χ1v) is 9.51. The van der Waals surface area contributed by atoms with Gasteiger partial charge in [0.15, 0.2) is 0 Å². The number of hydrogen-bond donors (Lipinski definition) is 0. The van der Waals surface area contributed by atoms with Gasteiger partial charge >= 0.3 is 0 Å². The van der Waals surface area contributed by atoms with Crippen LogP contribution in [0.15, 0.2) is 0 Å². The van der Waals surface area contributed by atoms with Gasteiger partial charge in [-0.25, -0.2) is 0 Å². The van der Waals surface area contributed by atoms with Gasteiger partial charge in [-0.2, -0.15) is 0 Å². The highest BCUT2D eigenvalue weighted by Gasteiger charge is 2.36. The largest absolute Gasteiger partial charge is 0.383 e. The third-order valence-electron chi connectivity index (χ3n) is 6.00. The number of hydrogen-bond acceptors (Lipinski definition) is 4. The lowest BCUT2D eigenvalue weighted by Crippen LogP contribution is -2.55. The number of rotatable bonds is 5. The molecule has 23 heavy (non-hydrogen) atoms. The van der Waals surface area contributed by atoms with Gasteiger partial charge < -0.3 is 9.64 Å². The van der Waals surface area contributed by atoms with Crippen LogP contribution < -0.4 is 0 Å². The lowest BCUT2D eigenvalue weighted by molar-refractivity contribution is -0.139. The zero-order chi connectivity index (χ0) is 16.1. The average Bonchev–Trinajstić information content (AvgIpc) is 2.60. The highest BCUT2D eigenvalue weighted by molar-refractivity contribution is 5.78. The zero-order valence-corrected chi connectivity index (χ0v) is 14.7. The summed E-state index contributed by atoms with van der Waals surface area (Å²) in [7, 11) is 1.76. The number of carbonyl (C=O) groups excluding carboxylic acids is 1. The van der Waals surface area contributed by atoms with Crippen molar-refractivity contribution >= 4 is 5.91 Å². The number of piperidine rings is 1. The van der Waals surface area contributed by atoms with Crippen molar-refractivity contribution in [3.8, 4) is 0 Å². The molecule has 3 aliphatic rings. The molecular formula is C18H33N3O2. The van der Waals surface area contributed by atoms with Crippen molar-refractivity contribution in [1.82, 2.24) is 14.7 Å². The summed E-state index contributed by atoms with van der Waals surface area (Å²) in [6.07, 6.45) is 7.80.